The van der Waals surface area contributed by atoms with E-state index in [0.717, 1.165) is 4.68 Å². The predicted octanol–water partition coefficient (Wildman–Crippen LogP) is 1.40. The molecule has 0 aliphatic carbocycles. The third kappa shape index (κ3) is 2.64. The van der Waals surface area contributed by atoms with Crippen LogP contribution in [0, 0.1) is 10.1 Å². The minimum absolute atomic E-state index is 0.0969. The molecule has 0 saturated heterocycles. The van der Waals surface area contributed by atoms with Gasteiger partial charge in [0.05, 0.1) is 4.92 Å². The van der Waals surface area contributed by atoms with E-state index in [0.29, 0.717) is 6.42 Å². The predicted molar refractivity (Wildman–Crippen MR) is 72.8 cm³/mol. The maximum atomic E-state index is 11.9. The van der Waals surface area contributed by atoms with Gasteiger partial charge in [0.15, 0.2) is 0 Å². The zero-order valence-corrected chi connectivity index (χ0v) is 11.0. The van der Waals surface area contributed by atoms with Crippen molar-refractivity contribution < 1.29 is 14.8 Å². The fourth-order valence-electron chi connectivity index (χ4n) is 1.87. The average molecular weight is 289 g/mol. The van der Waals surface area contributed by atoms with Gasteiger partial charge in [0.2, 0.25) is 11.1 Å². The highest BCUT2D eigenvalue weighted by Crippen LogP contribution is 2.21. The Morgan fingerprint density at radius 2 is 2.10 bits per heavy atom. The number of nitro benzene ring substituents is 1. The molecule has 1 aromatic heterocycles. The lowest BCUT2D eigenvalue weighted by atomic mass is 10.2. The molecule has 0 bridgehead atoms. The molecule has 0 aliphatic rings. The molecule has 1 heterocycles. The minimum atomic E-state index is -1.47. The second-order valence-corrected chi connectivity index (χ2v) is 4.18. The maximum absolute atomic E-state index is 11.9. The monoisotopic (exact) mass is 289 g/mol. The molecule has 0 spiro atoms. The molecule has 1 aromatic carbocycles. The molecule has 108 valence electrons. The molecule has 0 radical (unpaired) electrons. The summed E-state index contributed by atoms with van der Waals surface area (Å²) >= 11 is 0. The van der Waals surface area contributed by atoms with Crippen LogP contribution < -0.4 is 5.43 Å². The summed E-state index contributed by atoms with van der Waals surface area (Å²) in [5.74, 6) is -1.47. The molecule has 0 atom stereocenters. The van der Waals surface area contributed by atoms with Gasteiger partial charge in [-0.15, -0.1) is 0 Å². The number of benzene rings is 1. The molecule has 2 aromatic rings. The lowest BCUT2D eigenvalue weighted by Crippen LogP contribution is -2.24. The fraction of sp³-hybridized carbons (Fsp3) is 0.154. The standard InChI is InChI=1S/C13H11N3O5/c1-2-8-7-15(14-11(12(8)17)13(18)19)9-5-3-4-6-10(9)16(20)21/h3-7H,2H2,1H3,(H,18,19). The molecular weight excluding hydrogens is 278 g/mol. The third-order valence-corrected chi connectivity index (χ3v) is 2.90. The van der Waals surface area contributed by atoms with E-state index in [9.17, 15) is 19.7 Å². The number of aromatic nitrogens is 2. The summed E-state index contributed by atoms with van der Waals surface area (Å²) in [4.78, 5) is 33.4. The molecular formula is C13H11N3O5. The van der Waals surface area contributed by atoms with Gasteiger partial charge >= 0.3 is 5.97 Å². The van der Waals surface area contributed by atoms with Crippen molar-refractivity contribution in [1.82, 2.24) is 9.78 Å². The molecule has 2 rings (SSSR count). The van der Waals surface area contributed by atoms with E-state index >= 15 is 0 Å². The van der Waals surface area contributed by atoms with Crippen LogP contribution in [0.4, 0.5) is 5.69 Å². The number of aryl methyl sites for hydroxylation is 1. The topological polar surface area (TPSA) is 115 Å². The van der Waals surface area contributed by atoms with E-state index < -0.39 is 22.0 Å². The van der Waals surface area contributed by atoms with Crippen molar-refractivity contribution in [1.29, 1.82) is 0 Å². The Hall–Kier alpha value is -3.03. The van der Waals surface area contributed by atoms with Crippen LogP contribution in [0.2, 0.25) is 0 Å². The van der Waals surface area contributed by atoms with Crippen molar-refractivity contribution in [3.05, 3.63) is 62.1 Å². The minimum Gasteiger partial charge on any atom is -0.476 e. The number of carbonyl (C=O) groups is 1. The molecule has 0 fully saturated rings. The number of carboxylic acids is 1. The van der Waals surface area contributed by atoms with Crippen molar-refractivity contribution in [3.63, 3.8) is 0 Å². The summed E-state index contributed by atoms with van der Waals surface area (Å²) in [5, 5.41) is 23.7. The maximum Gasteiger partial charge on any atom is 0.360 e. The number of nitro groups is 1. The first-order chi connectivity index (χ1) is 9.95. The second-order valence-electron chi connectivity index (χ2n) is 4.18. The van der Waals surface area contributed by atoms with Crippen LogP contribution in [0.25, 0.3) is 5.69 Å². The van der Waals surface area contributed by atoms with E-state index in [4.69, 9.17) is 5.11 Å². The first kappa shape index (κ1) is 14.4. The molecule has 0 amide bonds. The number of aromatic carboxylic acids is 1. The van der Waals surface area contributed by atoms with Crippen molar-refractivity contribution in [2.75, 3.05) is 0 Å². The Morgan fingerprint density at radius 3 is 2.67 bits per heavy atom. The van der Waals surface area contributed by atoms with Crippen LogP contribution in [0.3, 0.4) is 0 Å². The molecule has 21 heavy (non-hydrogen) atoms. The van der Waals surface area contributed by atoms with Crippen LogP contribution in [0.15, 0.2) is 35.3 Å². The Morgan fingerprint density at radius 1 is 1.43 bits per heavy atom. The Labute approximate surface area is 118 Å². The van der Waals surface area contributed by atoms with Crippen LogP contribution in [0.1, 0.15) is 23.0 Å². The first-order valence-corrected chi connectivity index (χ1v) is 6.05. The molecule has 8 heteroatoms. The first-order valence-electron chi connectivity index (χ1n) is 6.05. The van der Waals surface area contributed by atoms with Gasteiger partial charge in [-0.1, -0.05) is 19.1 Å². The molecule has 0 unspecified atom stereocenters. The van der Waals surface area contributed by atoms with Gasteiger partial charge in [-0.3, -0.25) is 14.9 Å². The number of hydrogen-bond acceptors (Lipinski definition) is 5. The molecule has 8 nitrogen and oxygen atoms in total. The average Bonchev–Trinajstić information content (AvgIpc) is 2.47. The van der Waals surface area contributed by atoms with Crippen molar-refractivity contribution >= 4 is 11.7 Å². The Kier molecular flexibility index (Phi) is 3.79. The summed E-state index contributed by atoms with van der Waals surface area (Å²) in [6, 6.07) is 5.76. The smallest absolute Gasteiger partial charge is 0.360 e. The largest absolute Gasteiger partial charge is 0.476 e. The van der Waals surface area contributed by atoms with Gasteiger partial charge in [0.1, 0.15) is 5.69 Å². The van der Waals surface area contributed by atoms with E-state index in [1.54, 1.807) is 13.0 Å². The van der Waals surface area contributed by atoms with E-state index in [-0.39, 0.29) is 16.9 Å². The van der Waals surface area contributed by atoms with Crippen molar-refractivity contribution in [2.45, 2.75) is 13.3 Å². The molecule has 1 N–H and O–H groups in total. The highest BCUT2D eigenvalue weighted by Gasteiger charge is 2.19. The number of hydrogen-bond donors (Lipinski definition) is 1. The second kappa shape index (κ2) is 5.53. The highest BCUT2D eigenvalue weighted by atomic mass is 16.6. The SMILES string of the molecule is CCc1cn(-c2ccccc2[N+](=O)[O-])nc(C(=O)O)c1=O. The number of rotatable bonds is 4. The summed E-state index contributed by atoms with van der Waals surface area (Å²) in [6.07, 6.45) is 1.61. The van der Waals surface area contributed by atoms with Gasteiger partial charge in [0, 0.05) is 17.8 Å². The zero-order valence-electron chi connectivity index (χ0n) is 11.0. The van der Waals surface area contributed by atoms with Gasteiger partial charge in [-0.2, -0.15) is 5.10 Å². The number of para-hydroxylation sites is 2. The highest BCUT2D eigenvalue weighted by molar-refractivity contribution is 5.85. The Balaban J connectivity index is 2.76. The Bertz CT molecular complexity index is 782. The third-order valence-electron chi connectivity index (χ3n) is 2.90. The van der Waals surface area contributed by atoms with Crippen LogP contribution in [-0.2, 0) is 6.42 Å². The van der Waals surface area contributed by atoms with Crippen LogP contribution in [-0.4, -0.2) is 25.8 Å². The summed E-state index contributed by atoms with van der Waals surface area (Å²) in [5.41, 5.74) is -1.25. The van der Waals surface area contributed by atoms with Crippen LogP contribution in [0.5, 0.6) is 0 Å². The van der Waals surface area contributed by atoms with Gasteiger partial charge in [-0.05, 0) is 12.5 Å². The molecule has 0 saturated carbocycles. The van der Waals surface area contributed by atoms with E-state index in [1.165, 1.54) is 24.4 Å². The summed E-state index contributed by atoms with van der Waals surface area (Å²) < 4.78 is 1.06. The van der Waals surface area contributed by atoms with Gasteiger partial charge < -0.3 is 5.11 Å². The fourth-order valence-corrected chi connectivity index (χ4v) is 1.87. The number of carboxylic acid groups (broad SMARTS) is 1. The lowest BCUT2D eigenvalue weighted by molar-refractivity contribution is -0.384. The van der Waals surface area contributed by atoms with Gasteiger partial charge in [-0.25, -0.2) is 9.48 Å². The lowest BCUT2D eigenvalue weighted by Gasteiger charge is -2.08. The number of nitrogens with zero attached hydrogens (tertiary/aromatic N) is 3. The normalized spacial score (nSPS) is 10.3. The van der Waals surface area contributed by atoms with Crippen molar-refractivity contribution in [2.24, 2.45) is 0 Å². The molecule has 0 aliphatic heterocycles. The van der Waals surface area contributed by atoms with Crippen LogP contribution >= 0.6 is 0 Å². The van der Waals surface area contributed by atoms with E-state index in [2.05, 4.69) is 5.10 Å². The van der Waals surface area contributed by atoms with Crippen molar-refractivity contribution in [3.8, 4) is 5.69 Å². The summed E-state index contributed by atoms with van der Waals surface area (Å²) in [7, 11) is 0. The zero-order chi connectivity index (χ0) is 15.6. The van der Waals surface area contributed by atoms with Gasteiger partial charge in [0.25, 0.3) is 5.69 Å². The quantitative estimate of drug-likeness (QED) is 0.672. The van der Waals surface area contributed by atoms with E-state index in [1.807, 2.05) is 0 Å². The summed E-state index contributed by atoms with van der Waals surface area (Å²) in [6.45, 7) is 1.69.